The Morgan fingerprint density at radius 1 is 1.24 bits per heavy atom. The molecule has 1 aromatic heterocycles. The third-order valence-corrected chi connectivity index (χ3v) is 2.31. The first-order chi connectivity index (χ1) is 8.16. The largest absolute Gasteiger partial charge is 0.491 e. The molecule has 0 fully saturated rings. The number of hydrogen-bond acceptors (Lipinski definition) is 2. The van der Waals surface area contributed by atoms with Gasteiger partial charge in [-0.2, -0.15) is 0 Å². The van der Waals surface area contributed by atoms with Crippen molar-refractivity contribution in [2.75, 3.05) is 0 Å². The van der Waals surface area contributed by atoms with Gasteiger partial charge in [0.05, 0.1) is 11.8 Å². The Labute approximate surface area is 100 Å². The Kier molecular flexibility index (Phi) is 3.28. The molecular weight excluding hydrogens is 214 g/mol. The van der Waals surface area contributed by atoms with Crippen LogP contribution in [0.15, 0.2) is 42.6 Å². The number of nitrogens with one attached hydrogen (secondary N) is 1. The first-order valence-corrected chi connectivity index (χ1v) is 5.61. The molecule has 0 unspecified atom stereocenters. The maximum Gasteiger partial charge on any atom is 0.209 e. The van der Waals surface area contributed by atoms with E-state index in [1.165, 1.54) is 0 Å². The van der Waals surface area contributed by atoms with E-state index in [0.717, 1.165) is 5.75 Å². The van der Waals surface area contributed by atoms with Crippen LogP contribution in [0.5, 0.6) is 5.75 Å². The molecule has 17 heavy (non-hydrogen) atoms. The van der Waals surface area contributed by atoms with Gasteiger partial charge in [0.15, 0.2) is 0 Å². The van der Waals surface area contributed by atoms with Crippen molar-refractivity contribution in [2.45, 2.75) is 20.0 Å². The van der Waals surface area contributed by atoms with Gasteiger partial charge in [-0.25, -0.2) is 0 Å². The minimum Gasteiger partial charge on any atom is -0.491 e. The first-order valence-electron chi connectivity index (χ1n) is 5.61. The number of rotatable bonds is 4. The zero-order valence-corrected chi connectivity index (χ0v) is 9.94. The Morgan fingerprint density at radius 2 is 2.06 bits per heavy atom. The van der Waals surface area contributed by atoms with Crippen LogP contribution in [0, 0.1) is 0 Å². The average molecular weight is 229 g/mol. The Balaban J connectivity index is 2.24. The number of carbonyl (C=O) groups excluding carboxylic acids is 1. The van der Waals surface area contributed by atoms with Crippen LogP contribution in [0.1, 0.15) is 29.9 Å². The molecule has 0 spiro atoms. The quantitative estimate of drug-likeness (QED) is 0.819. The molecule has 3 nitrogen and oxygen atoms in total. The topological polar surface area (TPSA) is 42.1 Å². The van der Waals surface area contributed by atoms with Gasteiger partial charge in [-0.05, 0) is 38.1 Å². The minimum atomic E-state index is -0.0239. The van der Waals surface area contributed by atoms with Crippen molar-refractivity contribution in [3.8, 4) is 5.75 Å². The number of ketones is 1. The third-order valence-electron chi connectivity index (χ3n) is 2.31. The standard InChI is InChI=1S/C14H15NO2/c1-10(2)17-12-6-3-5-11(9-12)14(16)13-7-4-8-15-13/h3-10,15H,1-2H3. The molecule has 0 aliphatic heterocycles. The average Bonchev–Trinajstić information content (AvgIpc) is 2.81. The second-order valence-electron chi connectivity index (χ2n) is 4.11. The van der Waals surface area contributed by atoms with Gasteiger partial charge in [0, 0.05) is 11.8 Å². The van der Waals surface area contributed by atoms with Gasteiger partial charge in [0.25, 0.3) is 0 Å². The summed E-state index contributed by atoms with van der Waals surface area (Å²) in [7, 11) is 0. The first kappa shape index (κ1) is 11.5. The van der Waals surface area contributed by atoms with E-state index in [9.17, 15) is 4.79 Å². The maximum absolute atomic E-state index is 12.1. The second-order valence-corrected chi connectivity index (χ2v) is 4.11. The van der Waals surface area contributed by atoms with Crippen molar-refractivity contribution in [1.29, 1.82) is 0 Å². The molecule has 2 rings (SSSR count). The fourth-order valence-corrected chi connectivity index (χ4v) is 1.61. The summed E-state index contributed by atoms with van der Waals surface area (Å²) in [6.45, 7) is 3.92. The Bertz CT molecular complexity index is 501. The summed E-state index contributed by atoms with van der Waals surface area (Å²) in [5, 5.41) is 0. The zero-order valence-electron chi connectivity index (χ0n) is 9.94. The molecule has 0 aliphatic rings. The van der Waals surface area contributed by atoms with Crippen molar-refractivity contribution in [3.63, 3.8) is 0 Å². The summed E-state index contributed by atoms with van der Waals surface area (Å²) >= 11 is 0. The van der Waals surface area contributed by atoms with E-state index in [1.807, 2.05) is 32.0 Å². The maximum atomic E-state index is 12.1. The van der Waals surface area contributed by atoms with Crippen molar-refractivity contribution in [2.24, 2.45) is 0 Å². The van der Waals surface area contributed by atoms with E-state index >= 15 is 0 Å². The zero-order chi connectivity index (χ0) is 12.3. The summed E-state index contributed by atoms with van der Waals surface area (Å²) in [6, 6.07) is 10.8. The number of aromatic amines is 1. The molecule has 3 heteroatoms. The number of carbonyl (C=O) groups is 1. The number of H-pyrrole nitrogens is 1. The molecular formula is C14H15NO2. The minimum absolute atomic E-state index is 0.0239. The van der Waals surface area contributed by atoms with Crippen LogP contribution < -0.4 is 4.74 Å². The number of aromatic nitrogens is 1. The molecule has 0 radical (unpaired) electrons. The summed E-state index contributed by atoms with van der Waals surface area (Å²) in [5.74, 6) is 0.696. The molecule has 0 saturated carbocycles. The smallest absolute Gasteiger partial charge is 0.209 e. The van der Waals surface area contributed by atoms with Gasteiger partial charge in [-0.15, -0.1) is 0 Å². The van der Waals surface area contributed by atoms with Crippen molar-refractivity contribution >= 4 is 5.78 Å². The highest BCUT2D eigenvalue weighted by Crippen LogP contribution is 2.17. The van der Waals surface area contributed by atoms with E-state index in [-0.39, 0.29) is 11.9 Å². The molecule has 1 N–H and O–H groups in total. The van der Waals surface area contributed by atoms with Crippen LogP contribution in [0.2, 0.25) is 0 Å². The fourth-order valence-electron chi connectivity index (χ4n) is 1.61. The summed E-state index contributed by atoms with van der Waals surface area (Å²) in [6.07, 6.45) is 1.84. The van der Waals surface area contributed by atoms with Gasteiger partial charge in [-0.3, -0.25) is 4.79 Å². The lowest BCUT2D eigenvalue weighted by Gasteiger charge is -2.10. The fraction of sp³-hybridized carbons (Fsp3) is 0.214. The van der Waals surface area contributed by atoms with Crippen LogP contribution in [0.4, 0.5) is 0 Å². The van der Waals surface area contributed by atoms with Gasteiger partial charge < -0.3 is 9.72 Å². The van der Waals surface area contributed by atoms with Gasteiger partial charge in [0.1, 0.15) is 5.75 Å². The third kappa shape index (κ3) is 2.75. The van der Waals surface area contributed by atoms with Crippen molar-refractivity contribution in [3.05, 3.63) is 53.9 Å². The number of ether oxygens (including phenoxy) is 1. The SMILES string of the molecule is CC(C)Oc1cccc(C(=O)c2ccc[nH]2)c1. The van der Waals surface area contributed by atoms with Crippen LogP contribution in [-0.2, 0) is 0 Å². The molecule has 0 saturated heterocycles. The lowest BCUT2D eigenvalue weighted by molar-refractivity contribution is 0.103. The summed E-state index contributed by atoms with van der Waals surface area (Å²) in [4.78, 5) is 15.0. The molecule has 88 valence electrons. The monoisotopic (exact) mass is 229 g/mol. The Hall–Kier alpha value is -2.03. The van der Waals surface area contributed by atoms with E-state index in [4.69, 9.17) is 4.74 Å². The molecule has 2 aromatic rings. The summed E-state index contributed by atoms with van der Waals surface area (Å²) < 4.78 is 5.56. The highest BCUT2D eigenvalue weighted by molar-refractivity contribution is 6.07. The highest BCUT2D eigenvalue weighted by atomic mass is 16.5. The van der Waals surface area contributed by atoms with Crippen molar-refractivity contribution in [1.82, 2.24) is 4.98 Å². The predicted molar refractivity (Wildman–Crippen MR) is 66.4 cm³/mol. The van der Waals surface area contributed by atoms with E-state index < -0.39 is 0 Å². The molecule has 0 aliphatic carbocycles. The van der Waals surface area contributed by atoms with E-state index in [1.54, 1.807) is 24.4 Å². The van der Waals surface area contributed by atoms with Gasteiger partial charge >= 0.3 is 0 Å². The number of hydrogen-bond donors (Lipinski definition) is 1. The van der Waals surface area contributed by atoms with Crippen LogP contribution in [0.25, 0.3) is 0 Å². The predicted octanol–water partition coefficient (Wildman–Crippen LogP) is 3.03. The molecule has 1 aromatic carbocycles. The van der Waals surface area contributed by atoms with Crippen LogP contribution in [-0.4, -0.2) is 16.9 Å². The van der Waals surface area contributed by atoms with Crippen molar-refractivity contribution < 1.29 is 9.53 Å². The lowest BCUT2D eigenvalue weighted by Crippen LogP contribution is -2.07. The second kappa shape index (κ2) is 4.87. The lowest BCUT2D eigenvalue weighted by atomic mass is 10.1. The van der Waals surface area contributed by atoms with E-state index in [0.29, 0.717) is 11.3 Å². The highest BCUT2D eigenvalue weighted by Gasteiger charge is 2.10. The number of benzene rings is 1. The molecule has 0 atom stereocenters. The summed E-state index contributed by atoms with van der Waals surface area (Å²) in [5.41, 5.74) is 1.22. The van der Waals surface area contributed by atoms with Gasteiger partial charge in [0.2, 0.25) is 5.78 Å². The molecule has 1 heterocycles. The molecule has 0 bridgehead atoms. The van der Waals surface area contributed by atoms with Crippen LogP contribution in [0.3, 0.4) is 0 Å². The van der Waals surface area contributed by atoms with Crippen LogP contribution >= 0.6 is 0 Å². The van der Waals surface area contributed by atoms with Gasteiger partial charge in [-0.1, -0.05) is 12.1 Å². The Morgan fingerprint density at radius 3 is 2.71 bits per heavy atom. The normalized spacial score (nSPS) is 10.5. The molecule has 0 amide bonds. The van der Waals surface area contributed by atoms with E-state index in [2.05, 4.69) is 4.98 Å².